The molecule has 2 aliphatic rings. The average Bonchev–Trinajstić information content (AvgIpc) is 3.53. The van der Waals surface area contributed by atoms with E-state index in [2.05, 4.69) is 0 Å². The number of esters is 1. The number of carbonyl (C=O) groups excluding carboxylic acids is 2. The topological polar surface area (TPSA) is 86.8 Å². The first kappa shape index (κ1) is 27.1. The first-order valence-corrected chi connectivity index (χ1v) is 12.9. The van der Waals surface area contributed by atoms with Crippen LogP contribution in [0, 0.1) is 5.92 Å². The smallest absolute Gasteiger partial charge is 0.413 e. The summed E-state index contributed by atoms with van der Waals surface area (Å²) in [6.45, 7) is 8.67. The summed E-state index contributed by atoms with van der Waals surface area (Å²) in [6.07, 6.45) is -1.65. The number of hydrogen-bond acceptors (Lipinski definition) is 7. The summed E-state index contributed by atoms with van der Waals surface area (Å²) < 4.78 is 29.1. The van der Waals surface area contributed by atoms with E-state index in [4.69, 9.17) is 23.7 Å². The highest BCUT2D eigenvalue weighted by atomic mass is 16.6. The minimum atomic E-state index is -0.660. The molecule has 0 aliphatic carbocycles. The molecule has 5 atom stereocenters. The van der Waals surface area contributed by atoms with Gasteiger partial charge in [0.15, 0.2) is 6.23 Å². The van der Waals surface area contributed by atoms with Crippen molar-refractivity contribution in [1.29, 1.82) is 0 Å². The zero-order chi connectivity index (χ0) is 26.4. The molecule has 200 valence electrons. The third-order valence-electron chi connectivity index (χ3n) is 6.31. The van der Waals surface area contributed by atoms with Gasteiger partial charge in [0.25, 0.3) is 0 Å². The Kier molecular flexibility index (Phi) is 8.84. The molecule has 0 bridgehead atoms. The Bertz CT molecular complexity index is 1020. The van der Waals surface area contributed by atoms with Crippen LogP contribution in [0.25, 0.3) is 0 Å². The van der Waals surface area contributed by atoms with Crippen LogP contribution < -0.4 is 0 Å². The molecule has 2 aliphatic heterocycles. The van der Waals surface area contributed by atoms with Crippen molar-refractivity contribution in [3.05, 3.63) is 71.8 Å². The predicted molar refractivity (Wildman–Crippen MR) is 136 cm³/mol. The summed E-state index contributed by atoms with van der Waals surface area (Å²) in [6, 6.07) is 19.3. The highest BCUT2D eigenvalue weighted by Crippen LogP contribution is 2.43. The normalized spacial score (nSPS) is 23.9. The van der Waals surface area contributed by atoms with Crippen molar-refractivity contribution in [2.75, 3.05) is 19.8 Å². The number of rotatable bonds is 10. The largest absolute Gasteiger partial charge is 0.466 e. The Labute approximate surface area is 218 Å². The maximum atomic E-state index is 13.3. The van der Waals surface area contributed by atoms with E-state index < -0.39 is 24.0 Å². The lowest BCUT2D eigenvalue weighted by Crippen LogP contribution is -2.44. The number of epoxide rings is 1. The number of hydrogen-bond donors (Lipinski definition) is 0. The van der Waals surface area contributed by atoms with Gasteiger partial charge in [-0.25, -0.2) is 4.79 Å². The molecule has 2 fully saturated rings. The predicted octanol–water partition coefficient (Wildman–Crippen LogP) is 4.87. The van der Waals surface area contributed by atoms with Crippen LogP contribution in [0.5, 0.6) is 0 Å². The molecule has 2 saturated heterocycles. The van der Waals surface area contributed by atoms with Crippen LogP contribution in [0.3, 0.4) is 0 Å². The van der Waals surface area contributed by atoms with Gasteiger partial charge in [-0.15, -0.1) is 0 Å². The zero-order valence-electron chi connectivity index (χ0n) is 22.0. The van der Waals surface area contributed by atoms with Crippen LogP contribution >= 0.6 is 0 Å². The van der Waals surface area contributed by atoms with Crippen LogP contribution in [0.15, 0.2) is 60.7 Å². The first-order chi connectivity index (χ1) is 17.8. The quantitative estimate of drug-likeness (QED) is 0.332. The highest BCUT2D eigenvalue weighted by Gasteiger charge is 2.57. The molecule has 0 spiro atoms. The lowest BCUT2D eigenvalue weighted by Gasteiger charge is -2.31. The van der Waals surface area contributed by atoms with E-state index >= 15 is 0 Å². The van der Waals surface area contributed by atoms with Crippen molar-refractivity contribution in [3.63, 3.8) is 0 Å². The summed E-state index contributed by atoms with van der Waals surface area (Å²) in [5.41, 5.74) is 1.35. The second-order valence-electron chi connectivity index (χ2n) is 10.4. The van der Waals surface area contributed by atoms with Crippen molar-refractivity contribution < 1.29 is 33.3 Å². The molecule has 0 unspecified atom stereocenters. The van der Waals surface area contributed by atoms with Gasteiger partial charge in [-0.3, -0.25) is 9.69 Å². The maximum Gasteiger partial charge on any atom is 0.413 e. The molecule has 0 radical (unpaired) electrons. The molecule has 37 heavy (non-hydrogen) atoms. The maximum absolute atomic E-state index is 13.3. The molecule has 4 rings (SSSR count). The fourth-order valence-electron chi connectivity index (χ4n) is 4.61. The number of benzene rings is 2. The minimum absolute atomic E-state index is 0.158. The van der Waals surface area contributed by atoms with E-state index in [1.54, 1.807) is 11.8 Å². The molecular weight excluding hydrogens is 474 g/mol. The number of ether oxygens (including phenoxy) is 5. The number of carbonyl (C=O) groups is 2. The lowest BCUT2D eigenvalue weighted by atomic mass is 9.99. The minimum Gasteiger partial charge on any atom is -0.466 e. The number of amides is 1. The van der Waals surface area contributed by atoms with Crippen molar-refractivity contribution in [1.82, 2.24) is 4.90 Å². The molecule has 8 nitrogen and oxygen atoms in total. The summed E-state index contributed by atoms with van der Waals surface area (Å²) in [5.74, 6) is -0.545. The fourth-order valence-corrected chi connectivity index (χ4v) is 4.61. The highest BCUT2D eigenvalue weighted by molar-refractivity contribution is 5.70. The molecule has 0 saturated carbocycles. The van der Waals surface area contributed by atoms with E-state index in [-0.39, 0.29) is 30.5 Å². The summed E-state index contributed by atoms with van der Waals surface area (Å²) in [5, 5.41) is 0. The van der Waals surface area contributed by atoms with Gasteiger partial charge in [-0.05, 0) is 38.8 Å². The molecular formula is C29H37NO7. The zero-order valence-corrected chi connectivity index (χ0v) is 22.0. The second kappa shape index (κ2) is 12.1. The molecule has 2 heterocycles. The summed E-state index contributed by atoms with van der Waals surface area (Å²) in [7, 11) is 0. The van der Waals surface area contributed by atoms with Crippen LogP contribution in [-0.2, 0) is 35.1 Å². The third kappa shape index (κ3) is 7.31. The van der Waals surface area contributed by atoms with Gasteiger partial charge in [-0.2, -0.15) is 0 Å². The Hall–Kier alpha value is -2.94. The Morgan fingerprint density at radius 3 is 2.38 bits per heavy atom. The van der Waals surface area contributed by atoms with Gasteiger partial charge in [-0.1, -0.05) is 60.7 Å². The van der Waals surface area contributed by atoms with Crippen molar-refractivity contribution in [2.45, 2.75) is 70.8 Å². The third-order valence-corrected chi connectivity index (χ3v) is 6.31. The van der Waals surface area contributed by atoms with E-state index in [1.807, 2.05) is 81.4 Å². The molecule has 0 N–H and O–H groups in total. The van der Waals surface area contributed by atoms with Crippen LogP contribution in [0.4, 0.5) is 4.79 Å². The molecule has 8 heteroatoms. The van der Waals surface area contributed by atoms with Gasteiger partial charge in [0, 0.05) is 5.92 Å². The van der Waals surface area contributed by atoms with Crippen LogP contribution in [0.1, 0.15) is 51.3 Å². The Balaban J connectivity index is 1.47. The monoisotopic (exact) mass is 511 g/mol. The van der Waals surface area contributed by atoms with Gasteiger partial charge >= 0.3 is 12.1 Å². The van der Waals surface area contributed by atoms with E-state index in [0.29, 0.717) is 26.4 Å². The van der Waals surface area contributed by atoms with Crippen LogP contribution in [0.2, 0.25) is 0 Å². The lowest BCUT2D eigenvalue weighted by molar-refractivity contribution is -0.145. The van der Waals surface area contributed by atoms with Crippen LogP contribution in [-0.4, -0.2) is 60.8 Å². The molecule has 2 aromatic carbocycles. The Morgan fingerprint density at radius 2 is 1.73 bits per heavy atom. The van der Waals surface area contributed by atoms with E-state index in [1.165, 1.54) is 0 Å². The molecule has 2 aromatic rings. The summed E-state index contributed by atoms with van der Waals surface area (Å²) in [4.78, 5) is 27.3. The second-order valence-corrected chi connectivity index (χ2v) is 10.4. The van der Waals surface area contributed by atoms with Crippen molar-refractivity contribution in [2.24, 2.45) is 5.92 Å². The first-order valence-electron chi connectivity index (χ1n) is 12.9. The number of nitrogens with zero attached hydrogens (tertiary/aromatic N) is 1. The fraction of sp³-hybridized carbons (Fsp3) is 0.517. The van der Waals surface area contributed by atoms with E-state index in [0.717, 1.165) is 11.1 Å². The molecule has 1 amide bonds. The van der Waals surface area contributed by atoms with Gasteiger partial charge in [0.2, 0.25) is 0 Å². The van der Waals surface area contributed by atoms with Crippen molar-refractivity contribution in [3.8, 4) is 0 Å². The van der Waals surface area contributed by atoms with Gasteiger partial charge in [0.1, 0.15) is 11.7 Å². The Morgan fingerprint density at radius 1 is 1.05 bits per heavy atom. The SMILES string of the molecule is CCOC(=O)C[C@@H](COCc1ccccc1)[C@H]1O[C@H]1[C@H]1OC[C@@H](c2ccccc2)N1C(=O)OC(C)(C)C. The average molecular weight is 512 g/mol. The van der Waals surface area contributed by atoms with Gasteiger partial charge < -0.3 is 23.7 Å². The van der Waals surface area contributed by atoms with Crippen molar-refractivity contribution >= 4 is 12.1 Å². The van der Waals surface area contributed by atoms with E-state index in [9.17, 15) is 9.59 Å². The standard InChI is InChI=1S/C29H37NO7/c1-5-34-24(31)16-22(18-33-17-20-12-8-6-9-13-20)25-26(36-25)27-30(28(32)37-29(2,3)4)23(19-35-27)21-14-10-7-11-15-21/h6-15,22-23,25-27H,5,16-19H2,1-4H3/t22-,23-,25+,26+,27+/m0/s1. The van der Waals surface area contributed by atoms with Gasteiger partial charge in [0.05, 0.1) is 45.0 Å². The molecule has 0 aromatic heterocycles. The summed E-state index contributed by atoms with van der Waals surface area (Å²) >= 11 is 0.